The minimum absolute atomic E-state index is 0.0203. The van der Waals surface area contributed by atoms with E-state index in [4.69, 9.17) is 5.41 Å². The Labute approximate surface area is 85.9 Å². The van der Waals surface area contributed by atoms with Crippen LogP contribution in [0.1, 0.15) is 41.5 Å². The lowest BCUT2D eigenvalue weighted by atomic mass is 10.1. The van der Waals surface area contributed by atoms with Gasteiger partial charge in [-0.2, -0.15) is 0 Å². The Bertz CT molecular complexity index is 334. The smallest absolute Gasteiger partial charge is 0.203 e. The predicted molar refractivity (Wildman–Crippen MR) is 58.3 cm³/mol. The predicted octanol–water partition coefficient (Wildman–Crippen LogP) is 2.28. The van der Waals surface area contributed by atoms with Crippen LogP contribution in [0.15, 0.2) is 12.4 Å². The zero-order valence-corrected chi connectivity index (χ0v) is 10.0. The second-order valence-corrected chi connectivity index (χ2v) is 5.70. The second-order valence-electron chi connectivity index (χ2n) is 5.70. The second kappa shape index (κ2) is 3.01. The molecule has 0 unspecified atom stereocenters. The average molecular weight is 195 g/mol. The van der Waals surface area contributed by atoms with Gasteiger partial charge >= 0.3 is 0 Å². The van der Waals surface area contributed by atoms with Crippen molar-refractivity contribution in [2.75, 3.05) is 0 Å². The van der Waals surface area contributed by atoms with Crippen LogP contribution in [-0.4, -0.2) is 9.13 Å². The maximum absolute atomic E-state index is 8.06. The Morgan fingerprint density at radius 2 is 1.14 bits per heavy atom. The minimum Gasteiger partial charge on any atom is -0.312 e. The number of hydrogen-bond donors (Lipinski definition) is 1. The van der Waals surface area contributed by atoms with Crippen LogP contribution in [0.3, 0.4) is 0 Å². The van der Waals surface area contributed by atoms with Crippen LogP contribution in [0, 0.1) is 5.41 Å². The van der Waals surface area contributed by atoms with Gasteiger partial charge in [0.15, 0.2) is 0 Å². The van der Waals surface area contributed by atoms with Crippen molar-refractivity contribution in [3.8, 4) is 0 Å². The molecule has 0 amide bonds. The zero-order valence-electron chi connectivity index (χ0n) is 10.0. The normalized spacial score (nSPS) is 13.3. The third kappa shape index (κ3) is 1.91. The number of nitrogens with one attached hydrogen (secondary N) is 1. The zero-order chi connectivity index (χ0) is 11.1. The van der Waals surface area contributed by atoms with E-state index in [1.165, 1.54) is 0 Å². The lowest BCUT2D eigenvalue weighted by molar-refractivity contribution is 0.332. The largest absolute Gasteiger partial charge is 0.312 e. The fourth-order valence-electron chi connectivity index (χ4n) is 1.47. The molecule has 0 aromatic carbocycles. The molecule has 0 aliphatic carbocycles. The quantitative estimate of drug-likeness (QED) is 0.659. The summed E-state index contributed by atoms with van der Waals surface area (Å²) in [5.74, 6) is 0. The van der Waals surface area contributed by atoms with E-state index < -0.39 is 0 Å². The van der Waals surface area contributed by atoms with E-state index in [9.17, 15) is 0 Å². The summed E-state index contributed by atoms with van der Waals surface area (Å²) in [6.45, 7) is 12.7. The van der Waals surface area contributed by atoms with Gasteiger partial charge in [0.25, 0.3) is 0 Å². The maximum atomic E-state index is 8.06. The van der Waals surface area contributed by atoms with Crippen LogP contribution in [0.4, 0.5) is 0 Å². The summed E-state index contributed by atoms with van der Waals surface area (Å²) < 4.78 is 3.97. The highest BCUT2D eigenvalue weighted by atomic mass is 15.2. The van der Waals surface area contributed by atoms with Crippen molar-refractivity contribution in [2.45, 2.75) is 52.6 Å². The highest BCUT2D eigenvalue weighted by Crippen LogP contribution is 2.14. The molecule has 0 atom stereocenters. The first-order chi connectivity index (χ1) is 6.14. The summed E-state index contributed by atoms with van der Waals surface area (Å²) in [5.41, 5.74) is 0.520. The minimum atomic E-state index is -0.0203. The van der Waals surface area contributed by atoms with Gasteiger partial charge in [-0.1, -0.05) is 0 Å². The van der Waals surface area contributed by atoms with Crippen molar-refractivity contribution < 1.29 is 0 Å². The molecule has 1 rings (SSSR count). The standard InChI is InChI=1S/C11H21N3/c1-10(2,3)13-7-8-14(9(13)12)11(4,5)6/h7-8,12H,1-6H3. The SMILES string of the molecule is CC(C)(C)n1ccn(C(C)(C)C)c1=N. The number of nitrogens with zero attached hydrogens (tertiary/aromatic N) is 2. The van der Waals surface area contributed by atoms with Crippen molar-refractivity contribution in [1.82, 2.24) is 9.13 Å². The Morgan fingerprint density at radius 1 is 0.857 bits per heavy atom. The van der Waals surface area contributed by atoms with Crippen LogP contribution in [-0.2, 0) is 11.1 Å². The maximum Gasteiger partial charge on any atom is 0.203 e. The number of imidazole rings is 1. The van der Waals surface area contributed by atoms with E-state index in [0.29, 0.717) is 5.62 Å². The van der Waals surface area contributed by atoms with E-state index in [-0.39, 0.29) is 11.1 Å². The van der Waals surface area contributed by atoms with Gasteiger partial charge in [-0.25, -0.2) is 0 Å². The molecule has 0 saturated heterocycles. The molecule has 0 spiro atoms. The summed E-state index contributed by atoms with van der Waals surface area (Å²) in [7, 11) is 0. The molecule has 0 bridgehead atoms. The molecular formula is C11H21N3. The van der Waals surface area contributed by atoms with Gasteiger partial charge < -0.3 is 9.13 Å². The van der Waals surface area contributed by atoms with Crippen molar-refractivity contribution in [1.29, 1.82) is 5.41 Å². The molecule has 3 heteroatoms. The third-order valence-electron chi connectivity index (χ3n) is 2.27. The highest BCUT2D eigenvalue weighted by Gasteiger charge is 2.19. The van der Waals surface area contributed by atoms with Crippen LogP contribution < -0.4 is 5.62 Å². The number of hydrogen-bond acceptors (Lipinski definition) is 1. The fourth-order valence-corrected chi connectivity index (χ4v) is 1.47. The number of aromatic nitrogens is 2. The molecule has 1 N–H and O–H groups in total. The van der Waals surface area contributed by atoms with Crippen molar-refractivity contribution in [2.24, 2.45) is 0 Å². The molecule has 1 heterocycles. The lowest BCUT2D eigenvalue weighted by Gasteiger charge is -2.24. The molecule has 1 aromatic rings. The van der Waals surface area contributed by atoms with Gasteiger partial charge in [0.2, 0.25) is 5.62 Å². The molecule has 0 fully saturated rings. The number of rotatable bonds is 0. The first kappa shape index (κ1) is 11.1. The summed E-state index contributed by atoms with van der Waals surface area (Å²) in [5, 5.41) is 8.06. The van der Waals surface area contributed by atoms with E-state index in [2.05, 4.69) is 41.5 Å². The van der Waals surface area contributed by atoms with E-state index in [1.807, 2.05) is 21.5 Å². The Balaban J connectivity index is 3.31. The Kier molecular flexibility index (Phi) is 2.38. The topological polar surface area (TPSA) is 33.7 Å². The van der Waals surface area contributed by atoms with Gasteiger partial charge in [-0.15, -0.1) is 0 Å². The van der Waals surface area contributed by atoms with E-state index in [0.717, 1.165) is 0 Å². The van der Waals surface area contributed by atoms with Crippen LogP contribution in [0.2, 0.25) is 0 Å². The Morgan fingerprint density at radius 3 is 1.29 bits per heavy atom. The summed E-state index contributed by atoms with van der Waals surface area (Å²) >= 11 is 0. The van der Waals surface area contributed by atoms with Gasteiger partial charge in [-0.3, -0.25) is 5.41 Å². The van der Waals surface area contributed by atoms with Gasteiger partial charge in [-0.05, 0) is 41.5 Å². The average Bonchev–Trinajstić information content (AvgIpc) is 2.26. The van der Waals surface area contributed by atoms with Gasteiger partial charge in [0.05, 0.1) is 0 Å². The monoisotopic (exact) mass is 195 g/mol. The van der Waals surface area contributed by atoms with E-state index in [1.54, 1.807) is 0 Å². The first-order valence-corrected chi connectivity index (χ1v) is 4.99. The van der Waals surface area contributed by atoms with Crippen LogP contribution >= 0.6 is 0 Å². The molecule has 1 aromatic heterocycles. The van der Waals surface area contributed by atoms with Crippen LogP contribution in [0.5, 0.6) is 0 Å². The summed E-state index contributed by atoms with van der Waals surface area (Å²) in [4.78, 5) is 0. The molecule has 80 valence electrons. The van der Waals surface area contributed by atoms with Gasteiger partial charge in [0.1, 0.15) is 0 Å². The highest BCUT2D eigenvalue weighted by molar-refractivity contribution is 4.90. The van der Waals surface area contributed by atoms with Crippen molar-refractivity contribution >= 4 is 0 Å². The Hall–Kier alpha value is -0.990. The molecular weight excluding hydrogens is 174 g/mol. The van der Waals surface area contributed by atoms with E-state index >= 15 is 0 Å². The summed E-state index contributed by atoms with van der Waals surface area (Å²) in [6.07, 6.45) is 3.96. The molecule has 0 saturated carbocycles. The molecule has 0 aliphatic rings. The molecule has 0 aliphatic heterocycles. The summed E-state index contributed by atoms with van der Waals surface area (Å²) in [6, 6.07) is 0. The van der Waals surface area contributed by atoms with Crippen molar-refractivity contribution in [3.05, 3.63) is 18.0 Å². The van der Waals surface area contributed by atoms with Gasteiger partial charge in [0, 0.05) is 23.5 Å². The fraction of sp³-hybridized carbons (Fsp3) is 0.727. The first-order valence-electron chi connectivity index (χ1n) is 4.99. The lowest BCUT2D eigenvalue weighted by Crippen LogP contribution is -2.39. The molecule has 0 radical (unpaired) electrons. The molecule has 14 heavy (non-hydrogen) atoms. The van der Waals surface area contributed by atoms with Crippen LogP contribution in [0.25, 0.3) is 0 Å². The third-order valence-corrected chi connectivity index (χ3v) is 2.27. The molecule has 3 nitrogen and oxygen atoms in total. The van der Waals surface area contributed by atoms with Crippen molar-refractivity contribution in [3.63, 3.8) is 0 Å².